The highest BCUT2D eigenvalue weighted by atomic mass is 32.1. The smallest absolute Gasteiger partial charge is 0.317 e. The van der Waals surface area contributed by atoms with Gasteiger partial charge in [-0.3, -0.25) is 15.1 Å². The molecule has 1 aromatic carbocycles. The largest absolute Gasteiger partial charge is 0.480 e. The zero-order valence-electron chi connectivity index (χ0n) is 16.3. The number of hydrazone groups is 1. The molecule has 9 heteroatoms. The number of aromatic nitrogens is 3. The Kier molecular flexibility index (Phi) is 4.68. The molecule has 3 aromatic heterocycles. The lowest BCUT2D eigenvalue weighted by Gasteiger charge is -2.25. The molecule has 0 saturated carbocycles. The standard InChI is InChI=1S/C21H20N6O2S/c1-12-15(13-4-2-3-5-16(13)25-12)8-24-26-20-19-14-6-7-27(10-18(28)29)9-17(14)30-21(19)23-11-22-20/h2-5,8,11,25H,6-7,9-10H2,1H3,(H,28,29)(H,22,23,26)/b24-8+. The number of thiophene rings is 1. The van der Waals surface area contributed by atoms with Gasteiger partial charge in [0.15, 0.2) is 5.82 Å². The molecule has 30 heavy (non-hydrogen) atoms. The van der Waals surface area contributed by atoms with Crippen LogP contribution in [-0.2, 0) is 17.8 Å². The Hall–Kier alpha value is -3.30. The normalized spacial score (nSPS) is 14.6. The first-order valence-corrected chi connectivity index (χ1v) is 10.5. The number of hydrogen-bond acceptors (Lipinski definition) is 7. The van der Waals surface area contributed by atoms with Gasteiger partial charge in [0.05, 0.1) is 18.1 Å². The fourth-order valence-electron chi connectivity index (χ4n) is 4.01. The van der Waals surface area contributed by atoms with Crippen LogP contribution in [0.25, 0.3) is 21.1 Å². The van der Waals surface area contributed by atoms with Crippen molar-refractivity contribution in [3.8, 4) is 0 Å². The number of aromatic amines is 1. The van der Waals surface area contributed by atoms with Crippen molar-refractivity contribution in [2.45, 2.75) is 19.9 Å². The predicted molar refractivity (Wildman–Crippen MR) is 118 cm³/mol. The fraction of sp³-hybridized carbons (Fsp3) is 0.238. The summed E-state index contributed by atoms with van der Waals surface area (Å²) in [7, 11) is 0. The van der Waals surface area contributed by atoms with E-state index in [2.05, 4.69) is 31.5 Å². The maximum atomic E-state index is 11.0. The molecule has 0 aliphatic carbocycles. The number of nitrogens with one attached hydrogen (secondary N) is 2. The maximum absolute atomic E-state index is 11.0. The summed E-state index contributed by atoms with van der Waals surface area (Å²) in [5.41, 5.74) is 7.47. The molecule has 0 saturated heterocycles. The number of fused-ring (bicyclic) bond motifs is 4. The van der Waals surface area contributed by atoms with Gasteiger partial charge in [-0.1, -0.05) is 18.2 Å². The predicted octanol–water partition coefficient (Wildman–Crippen LogP) is 3.37. The topological polar surface area (TPSA) is 107 Å². The van der Waals surface area contributed by atoms with Crippen molar-refractivity contribution in [1.82, 2.24) is 19.9 Å². The lowest BCUT2D eigenvalue weighted by molar-refractivity contribution is -0.138. The van der Waals surface area contributed by atoms with Gasteiger partial charge in [-0.15, -0.1) is 11.3 Å². The highest BCUT2D eigenvalue weighted by Gasteiger charge is 2.24. The second-order valence-corrected chi connectivity index (χ2v) is 8.42. The van der Waals surface area contributed by atoms with Crippen LogP contribution in [0.2, 0.25) is 0 Å². The van der Waals surface area contributed by atoms with Crippen molar-refractivity contribution < 1.29 is 9.90 Å². The molecule has 0 amide bonds. The number of hydrogen-bond donors (Lipinski definition) is 3. The molecule has 5 rings (SSSR count). The van der Waals surface area contributed by atoms with Gasteiger partial charge >= 0.3 is 5.97 Å². The summed E-state index contributed by atoms with van der Waals surface area (Å²) in [5.74, 6) is -0.124. The summed E-state index contributed by atoms with van der Waals surface area (Å²) in [5, 5.41) is 15.6. The third-order valence-electron chi connectivity index (χ3n) is 5.38. The molecule has 0 unspecified atom stereocenters. The molecular formula is C21H20N6O2S. The average Bonchev–Trinajstić information content (AvgIpc) is 3.24. The zero-order chi connectivity index (χ0) is 20.7. The van der Waals surface area contributed by atoms with E-state index in [4.69, 9.17) is 5.11 Å². The van der Waals surface area contributed by atoms with E-state index in [9.17, 15) is 4.79 Å². The van der Waals surface area contributed by atoms with E-state index in [1.54, 1.807) is 11.3 Å². The molecule has 0 spiro atoms. The van der Waals surface area contributed by atoms with Crippen molar-refractivity contribution in [2.75, 3.05) is 18.5 Å². The number of aliphatic carboxylic acids is 1. The second-order valence-electron chi connectivity index (χ2n) is 7.34. The average molecular weight is 420 g/mol. The molecule has 0 atom stereocenters. The minimum Gasteiger partial charge on any atom is -0.480 e. The molecule has 3 N–H and O–H groups in total. The van der Waals surface area contributed by atoms with Crippen molar-refractivity contribution in [3.63, 3.8) is 0 Å². The SMILES string of the molecule is Cc1[nH]c2ccccc2c1/C=N/Nc1ncnc2sc3c(c12)CCN(CC(=O)O)C3. The fourth-order valence-corrected chi connectivity index (χ4v) is 5.24. The van der Waals surface area contributed by atoms with Gasteiger partial charge in [-0.2, -0.15) is 5.10 Å². The van der Waals surface area contributed by atoms with Crippen LogP contribution in [0.3, 0.4) is 0 Å². The number of carboxylic acid groups (broad SMARTS) is 1. The summed E-state index contributed by atoms with van der Waals surface area (Å²) >= 11 is 1.60. The Morgan fingerprint density at radius 3 is 3.13 bits per heavy atom. The molecule has 1 aliphatic heterocycles. The number of benzene rings is 1. The second kappa shape index (κ2) is 7.51. The van der Waals surface area contributed by atoms with Crippen LogP contribution >= 0.6 is 11.3 Å². The quantitative estimate of drug-likeness (QED) is 0.338. The third kappa shape index (κ3) is 3.31. The third-order valence-corrected chi connectivity index (χ3v) is 6.51. The molecule has 0 fully saturated rings. The number of nitrogens with zero attached hydrogens (tertiary/aromatic N) is 4. The Labute approximate surface area is 176 Å². The van der Waals surface area contributed by atoms with E-state index in [1.807, 2.05) is 36.2 Å². The number of carboxylic acids is 1. The first-order chi connectivity index (χ1) is 14.6. The molecule has 8 nitrogen and oxygen atoms in total. The van der Waals surface area contributed by atoms with Gasteiger partial charge in [0.1, 0.15) is 11.2 Å². The summed E-state index contributed by atoms with van der Waals surface area (Å²) < 4.78 is 0. The van der Waals surface area contributed by atoms with Gasteiger partial charge in [0, 0.05) is 40.1 Å². The molecule has 0 bridgehead atoms. The van der Waals surface area contributed by atoms with E-state index in [0.29, 0.717) is 18.9 Å². The van der Waals surface area contributed by atoms with Crippen LogP contribution in [0.1, 0.15) is 21.7 Å². The Bertz CT molecular complexity index is 1290. The Morgan fingerprint density at radius 2 is 2.27 bits per heavy atom. The molecule has 1 aliphatic rings. The number of carbonyl (C=O) groups is 1. The number of aryl methyl sites for hydroxylation is 1. The first kappa shape index (κ1) is 18.7. The van der Waals surface area contributed by atoms with E-state index in [1.165, 1.54) is 11.9 Å². The molecule has 4 heterocycles. The Morgan fingerprint density at radius 1 is 1.40 bits per heavy atom. The van der Waals surface area contributed by atoms with Crippen molar-refractivity contribution in [1.29, 1.82) is 0 Å². The highest BCUT2D eigenvalue weighted by molar-refractivity contribution is 7.19. The van der Waals surface area contributed by atoms with Crippen molar-refractivity contribution in [2.24, 2.45) is 5.10 Å². The lowest BCUT2D eigenvalue weighted by Crippen LogP contribution is -2.34. The summed E-state index contributed by atoms with van der Waals surface area (Å²) in [6.45, 7) is 3.41. The number of rotatable bonds is 5. The van der Waals surface area contributed by atoms with Gasteiger partial charge in [-0.25, -0.2) is 9.97 Å². The van der Waals surface area contributed by atoms with E-state index >= 15 is 0 Å². The zero-order valence-corrected chi connectivity index (χ0v) is 17.2. The van der Waals surface area contributed by atoms with Gasteiger partial charge < -0.3 is 10.1 Å². The van der Waals surface area contributed by atoms with Crippen molar-refractivity contribution in [3.05, 3.63) is 52.3 Å². The van der Waals surface area contributed by atoms with Crippen LogP contribution in [0, 0.1) is 6.92 Å². The highest BCUT2D eigenvalue weighted by Crippen LogP contribution is 2.37. The molecule has 4 aromatic rings. The lowest BCUT2D eigenvalue weighted by atomic mass is 10.1. The number of anilines is 1. The Balaban J connectivity index is 1.44. The molecule has 152 valence electrons. The minimum absolute atomic E-state index is 0.0543. The molecule has 0 radical (unpaired) electrons. The number of H-pyrrole nitrogens is 1. The van der Waals surface area contributed by atoms with Crippen LogP contribution in [0.15, 0.2) is 35.7 Å². The van der Waals surface area contributed by atoms with E-state index in [-0.39, 0.29) is 6.54 Å². The van der Waals surface area contributed by atoms with Crippen LogP contribution in [-0.4, -0.2) is 50.2 Å². The summed E-state index contributed by atoms with van der Waals surface area (Å²) in [6.07, 6.45) is 4.12. The summed E-state index contributed by atoms with van der Waals surface area (Å²) in [6, 6.07) is 8.14. The van der Waals surface area contributed by atoms with E-state index in [0.717, 1.165) is 43.7 Å². The summed E-state index contributed by atoms with van der Waals surface area (Å²) in [4.78, 5) is 27.2. The maximum Gasteiger partial charge on any atom is 0.317 e. The minimum atomic E-state index is -0.802. The van der Waals surface area contributed by atoms with Gasteiger partial charge in [0.2, 0.25) is 0 Å². The van der Waals surface area contributed by atoms with Crippen LogP contribution in [0.4, 0.5) is 5.82 Å². The van der Waals surface area contributed by atoms with Crippen molar-refractivity contribution >= 4 is 50.5 Å². The van der Waals surface area contributed by atoms with Crippen LogP contribution < -0.4 is 5.43 Å². The van der Waals surface area contributed by atoms with Crippen LogP contribution in [0.5, 0.6) is 0 Å². The number of para-hydroxylation sites is 1. The first-order valence-electron chi connectivity index (χ1n) is 9.66. The monoisotopic (exact) mass is 420 g/mol. The van der Waals surface area contributed by atoms with Gasteiger partial charge in [-0.05, 0) is 25.0 Å². The van der Waals surface area contributed by atoms with Gasteiger partial charge in [0.25, 0.3) is 0 Å². The molecular weight excluding hydrogens is 400 g/mol. The van der Waals surface area contributed by atoms with E-state index < -0.39 is 5.97 Å².